The quantitative estimate of drug-likeness (QED) is 0.849. The molecule has 0 spiro atoms. The molecule has 1 amide bonds. The average Bonchev–Trinajstić information content (AvgIpc) is 2.56. The van der Waals surface area contributed by atoms with Crippen LogP contribution in [0.1, 0.15) is 30.5 Å². The molecule has 0 saturated carbocycles. The summed E-state index contributed by atoms with van der Waals surface area (Å²) in [5, 5.41) is 3.40. The van der Waals surface area contributed by atoms with Crippen LogP contribution in [0, 0.1) is 0 Å². The van der Waals surface area contributed by atoms with Crippen LogP contribution in [-0.4, -0.2) is 24.4 Å². The van der Waals surface area contributed by atoms with Gasteiger partial charge in [0.05, 0.1) is 0 Å². The molecule has 0 fully saturated rings. The minimum absolute atomic E-state index is 0.164. The van der Waals surface area contributed by atoms with Crippen LogP contribution in [0.15, 0.2) is 60.7 Å². The maximum absolute atomic E-state index is 12.2. The van der Waals surface area contributed by atoms with Gasteiger partial charge >= 0.3 is 0 Å². The molecule has 3 heteroatoms. The van der Waals surface area contributed by atoms with Gasteiger partial charge in [0.1, 0.15) is 0 Å². The predicted octanol–water partition coefficient (Wildman–Crippen LogP) is 3.39. The molecule has 1 N–H and O–H groups in total. The minimum atomic E-state index is 0.164. The van der Waals surface area contributed by atoms with E-state index in [9.17, 15) is 4.79 Å². The van der Waals surface area contributed by atoms with Gasteiger partial charge in [0.15, 0.2) is 0 Å². The molecular weight excluding hydrogens is 272 g/mol. The van der Waals surface area contributed by atoms with Crippen LogP contribution in [0.5, 0.6) is 0 Å². The largest absolute Gasteiger partial charge is 0.341 e. The van der Waals surface area contributed by atoms with Crippen molar-refractivity contribution in [2.45, 2.75) is 25.9 Å². The third-order valence-corrected chi connectivity index (χ3v) is 3.78. The van der Waals surface area contributed by atoms with E-state index in [4.69, 9.17) is 0 Å². The van der Waals surface area contributed by atoms with E-state index in [0.717, 1.165) is 5.56 Å². The molecule has 0 saturated heterocycles. The Bertz CT molecular complexity index is 569. The van der Waals surface area contributed by atoms with Gasteiger partial charge in [0, 0.05) is 32.6 Å². The van der Waals surface area contributed by atoms with Crippen LogP contribution in [-0.2, 0) is 11.3 Å². The first-order valence-corrected chi connectivity index (χ1v) is 7.73. The first-order chi connectivity index (χ1) is 10.7. The molecule has 0 aliphatic rings. The SMILES string of the molecule is CC(NCCC(=O)N(C)Cc1ccccc1)c1ccccc1. The summed E-state index contributed by atoms with van der Waals surface area (Å²) in [6.45, 7) is 3.47. The predicted molar refractivity (Wildman–Crippen MR) is 90.4 cm³/mol. The average molecular weight is 296 g/mol. The van der Waals surface area contributed by atoms with E-state index >= 15 is 0 Å². The summed E-state index contributed by atoms with van der Waals surface area (Å²) >= 11 is 0. The van der Waals surface area contributed by atoms with E-state index in [1.165, 1.54) is 5.56 Å². The Morgan fingerprint density at radius 3 is 2.27 bits per heavy atom. The standard InChI is InChI=1S/C19H24N2O/c1-16(18-11-7-4-8-12-18)20-14-13-19(22)21(2)15-17-9-5-3-6-10-17/h3-12,16,20H,13-15H2,1-2H3. The third kappa shape index (κ3) is 5.01. The number of carbonyl (C=O) groups excluding carboxylic acids is 1. The number of benzene rings is 2. The van der Waals surface area contributed by atoms with Crippen molar-refractivity contribution in [3.05, 3.63) is 71.8 Å². The van der Waals surface area contributed by atoms with Crippen LogP contribution in [0.25, 0.3) is 0 Å². The van der Waals surface area contributed by atoms with Crippen LogP contribution >= 0.6 is 0 Å². The van der Waals surface area contributed by atoms with Gasteiger partial charge in [-0.2, -0.15) is 0 Å². The molecule has 0 aliphatic heterocycles. The molecule has 0 radical (unpaired) electrons. The molecule has 0 heterocycles. The number of carbonyl (C=O) groups is 1. The van der Waals surface area contributed by atoms with Crippen molar-refractivity contribution in [3.8, 4) is 0 Å². The van der Waals surface area contributed by atoms with Gasteiger partial charge in [-0.3, -0.25) is 4.79 Å². The second-order valence-electron chi connectivity index (χ2n) is 5.57. The highest BCUT2D eigenvalue weighted by atomic mass is 16.2. The number of nitrogens with one attached hydrogen (secondary N) is 1. The van der Waals surface area contributed by atoms with E-state index in [-0.39, 0.29) is 11.9 Å². The molecule has 2 aromatic carbocycles. The first kappa shape index (κ1) is 16.2. The lowest BCUT2D eigenvalue weighted by molar-refractivity contribution is -0.130. The maximum atomic E-state index is 12.2. The highest BCUT2D eigenvalue weighted by Gasteiger charge is 2.10. The molecule has 22 heavy (non-hydrogen) atoms. The molecule has 0 aliphatic carbocycles. The summed E-state index contributed by atoms with van der Waals surface area (Å²) in [5.41, 5.74) is 2.40. The molecule has 1 atom stereocenters. The summed E-state index contributed by atoms with van der Waals surface area (Å²) in [5.74, 6) is 0.164. The lowest BCUT2D eigenvalue weighted by Crippen LogP contribution is -2.30. The first-order valence-electron chi connectivity index (χ1n) is 7.73. The fraction of sp³-hybridized carbons (Fsp3) is 0.316. The highest BCUT2D eigenvalue weighted by Crippen LogP contribution is 2.11. The smallest absolute Gasteiger partial charge is 0.223 e. The lowest BCUT2D eigenvalue weighted by Gasteiger charge is -2.19. The normalized spacial score (nSPS) is 11.9. The van der Waals surface area contributed by atoms with E-state index in [1.807, 2.05) is 55.6 Å². The summed E-state index contributed by atoms with van der Waals surface area (Å²) < 4.78 is 0. The summed E-state index contributed by atoms with van der Waals surface area (Å²) in [4.78, 5) is 13.9. The highest BCUT2D eigenvalue weighted by molar-refractivity contribution is 5.76. The summed E-state index contributed by atoms with van der Waals surface area (Å²) in [7, 11) is 1.86. The fourth-order valence-electron chi connectivity index (χ4n) is 2.39. The topological polar surface area (TPSA) is 32.3 Å². The molecule has 0 bridgehead atoms. The van der Waals surface area contributed by atoms with Gasteiger partial charge in [-0.25, -0.2) is 0 Å². The van der Waals surface area contributed by atoms with E-state index in [1.54, 1.807) is 4.90 Å². The van der Waals surface area contributed by atoms with E-state index < -0.39 is 0 Å². The Balaban J connectivity index is 1.73. The van der Waals surface area contributed by atoms with Crippen molar-refractivity contribution in [1.82, 2.24) is 10.2 Å². The molecular formula is C19H24N2O. The number of hydrogen-bond donors (Lipinski definition) is 1. The van der Waals surface area contributed by atoms with Gasteiger partial charge in [-0.05, 0) is 18.1 Å². The van der Waals surface area contributed by atoms with Crippen molar-refractivity contribution < 1.29 is 4.79 Å². The van der Waals surface area contributed by atoms with E-state index in [0.29, 0.717) is 19.5 Å². The number of rotatable bonds is 7. The van der Waals surface area contributed by atoms with Crippen molar-refractivity contribution >= 4 is 5.91 Å². The fourth-order valence-corrected chi connectivity index (χ4v) is 2.39. The van der Waals surface area contributed by atoms with Crippen LogP contribution in [0.2, 0.25) is 0 Å². The zero-order chi connectivity index (χ0) is 15.8. The second-order valence-corrected chi connectivity index (χ2v) is 5.57. The van der Waals surface area contributed by atoms with Crippen molar-refractivity contribution in [1.29, 1.82) is 0 Å². The Morgan fingerprint density at radius 1 is 1.05 bits per heavy atom. The molecule has 0 aromatic heterocycles. The molecule has 3 nitrogen and oxygen atoms in total. The Morgan fingerprint density at radius 2 is 1.64 bits per heavy atom. The van der Waals surface area contributed by atoms with Crippen LogP contribution in [0.3, 0.4) is 0 Å². The Hall–Kier alpha value is -2.13. The van der Waals surface area contributed by atoms with Crippen molar-refractivity contribution in [2.24, 2.45) is 0 Å². The summed E-state index contributed by atoms with van der Waals surface area (Å²) in [6, 6.07) is 20.6. The molecule has 116 valence electrons. The zero-order valence-corrected chi connectivity index (χ0v) is 13.3. The monoisotopic (exact) mass is 296 g/mol. The zero-order valence-electron chi connectivity index (χ0n) is 13.3. The van der Waals surface area contributed by atoms with E-state index in [2.05, 4.69) is 24.4 Å². The Labute approximate surface area is 133 Å². The van der Waals surface area contributed by atoms with Crippen molar-refractivity contribution in [3.63, 3.8) is 0 Å². The van der Waals surface area contributed by atoms with Gasteiger partial charge in [-0.15, -0.1) is 0 Å². The third-order valence-electron chi connectivity index (χ3n) is 3.78. The van der Waals surface area contributed by atoms with Crippen LogP contribution < -0.4 is 5.32 Å². The van der Waals surface area contributed by atoms with Gasteiger partial charge < -0.3 is 10.2 Å². The number of amides is 1. The van der Waals surface area contributed by atoms with Gasteiger partial charge in [0.2, 0.25) is 5.91 Å². The maximum Gasteiger partial charge on any atom is 0.223 e. The number of nitrogens with zero attached hydrogens (tertiary/aromatic N) is 1. The number of hydrogen-bond acceptors (Lipinski definition) is 2. The minimum Gasteiger partial charge on any atom is -0.341 e. The Kier molecular flexibility index (Phi) is 6.16. The molecule has 1 unspecified atom stereocenters. The lowest BCUT2D eigenvalue weighted by atomic mass is 10.1. The van der Waals surface area contributed by atoms with Gasteiger partial charge in [-0.1, -0.05) is 60.7 Å². The second kappa shape index (κ2) is 8.35. The summed E-state index contributed by atoms with van der Waals surface area (Å²) in [6.07, 6.45) is 0.514. The van der Waals surface area contributed by atoms with Gasteiger partial charge in [0.25, 0.3) is 0 Å². The molecule has 2 aromatic rings. The van der Waals surface area contributed by atoms with Crippen LogP contribution in [0.4, 0.5) is 0 Å². The van der Waals surface area contributed by atoms with Crippen molar-refractivity contribution in [2.75, 3.05) is 13.6 Å². The molecule has 2 rings (SSSR count).